The van der Waals surface area contributed by atoms with Crippen LogP contribution in [0.4, 0.5) is 13.2 Å². The van der Waals surface area contributed by atoms with Crippen LogP contribution in [0.1, 0.15) is 0 Å². The van der Waals surface area contributed by atoms with Crippen LogP contribution in [0, 0.1) is 0 Å². The highest BCUT2D eigenvalue weighted by atomic mass is 32.3. The van der Waals surface area contributed by atoms with Crippen molar-refractivity contribution in [3.05, 3.63) is 91.0 Å². The fourth-order valence-corrected chi connectivity index (χ4v) is 11.2. The first-order valence-corrected chi connectivity index (χ1v) is 15.2. The van der Waals surface area contributed by atoms with Crippen molar-refractivity contribution in [2.45, 2.75) is 28.6 Å². The van der Waals surface area contributed by atoms with Gasteiger partial charge in [-0.3, -0.25) is 0 Å². The highest BCUT2D eigenvalue weighted by molar-refractivity contribution is 8.34. The van der Waals surface area contributed by atoms with Crippen molar-refractivity contribution in [3.8, 4) is 11.5 Å². The van der Waals surface area contributed by atoms with Crippen LogP contribution in [-0.2, 0) is 13.7 Å². The van der Waals surface area contributed by atoms with E-state index in [1.54, 1.807) is 36.4 Å². The van der Waals surface area contributed by atoms with E-state index in [0.717, 1.165) is 9.10 Å². The maximum Gasteiger partial charge on any atom is 0.524 e. The molecule has 37 heavy (non-hydrogen) atoms. The third-order valence-corrected chi connectivity index (χ3v) is 12.7. The van der Waals surface area contributed by atoms with Crippen molar-refractivity contribution >= 4 is 43.5 Å². The van der Waals surface area contributed by atoms with Crippen molar-refractivity contribution in [1.29, 1.82) is 0 Å². The monoisotopic (exact) mass is 586 g/mol. The van der Waals surface area contributed by atoms with Gasteiger partial charge in [0.1, 0.15) is 11.5 Å². The lowest BCUT2D eigenvalue weighted by Crippen LogP contribution is -2.27. The Kier molecular flexibility index (Phi) is 8.14. The van der Waals surface area contributed by atoms with Crippen LogP contribution in [0.2, 0.25) is 0 Å². The molecule has 0 atom stereocenters. The second kappa shape index (κ2) is 11.0. The zero-order valence-corrected chi connectivity index (χ0v) is 22.7. The number of methoxy groups -OCH3 is 2. The van der Waals surface area contributed by atoms with E-state index in [-0.39, 0.29) is 9.79 Å². The molecule has 0 saturated heterocycles. The van der Waals surface area contributed by atoms with Crippen LogP contribution >= 0.6 is 33.4 Å². The lowest BCUT2D eigenvalue weighted by Gasteiger charge is -2.38. The van der Waals surface area contributed by atoms with Gasteiger partial charge in [-0.05, 0) is 83.1 Å². The van der Waals surface area contributed by atoms with Crippen LogP contribution in [0.15, 0.2) is 114 Å². The lowest BCUT2D eigenvalue weighted by atomic mass is 10.3. The SMILES string of the molecule is COc1ccc(S(OS(=O)(=O)C(F)(F)F)(c2ccc(OC)cc2)c2ccc(Sc3ccccc3)s2)cc1. The molecule has 0 bridgehead atoms. The van der Waals surface area contributed by atoms with Gasteiger partial charge < -0.3 is 9.47 Å². The molecule has 5 nitrogen and oxygen atoms in total. The smallest absolute Gasteiger partial charge is 0.497 e. The molecule has 0 radical (unpaired) electrons. The Morgan fingerprint density at radius 3 is 1.70 bits per heavy atom. The van der Waals surface area contributed by atoms with E-state index in [1.807, 2.05) is 30.3 Å². The molecule has 0 saturated carbocycles. The lowest BCUT2D eigenvalue weighted by molar-refractivity contribution is -0.0496. The topological polar surface area (TPSA) is 61.8 Å². The quantitative estimate of drug-likeness (QED) is 0.185. The van der Waals surface area contributed by atoms with Gasteiger partial charge in [0, 0.05) is 14.7 Å². The molecular formula is C25H21F3O5S4. The fraction of sp³-hybridized carbons (Fsp3) is 0.120. The Bertz CT molecular complexity index is 1390. The molecule has 196 valence electrons. The molecule has 1 aromatic heterocycles. The number of rotatable bonds is 9. The zero-order valence-electron chi connectivity index (χ0n) is 19.5. The largest absolute Gasteiger partial charge is 0.524 e. The number of alkyl halides is 3. The van der Waals surface area contributed by atoms with E-state index in [9.17, 15) is 21.6 Å². The minimum atomic E-state index is -6.01. The molecule has 0 N–H and O–H groups in total. The van der Waals surface area contributed by atoms with Crippen molar-refractivity contribution in [3.63, 3.8) is 0 Å². The van der Waals surface area contributed by atoms with Crippen LogP contribution in [0.3, 0.4) is 0 Å². The molecule has 0 fully saturated rings. The second-order valence-electron chi connectivity index (χ2n) is 7.36. The Hall–Kier alpha value is -2.64. The first kappa shape index (κ1) is 27.4. The summed E-state index contributed by atoms with van der Waals surface area (Å²) in [5, 5.41) is 0. The molecule has 4 rings (SSSR count). The molecular weight excluding hydrogens is 566 g/mol. The molecule has 3 aromatic carbocycles. The van der Waals surface area contributed by atoms with Gasteiger partial charge in [-0.2, -0.15) is 25.2 Å². The number of hydrogen-bond acceptors (Lipinski definition) is 7. The summed E-state index contributed by atoms with van der Waals surface area (Å²) in [7, 11) is -6.51. The number of benzene rings is 3. The third-order valence-electron chi connectivity index (χ3n) is 5.06. The van der Waals surface area contributed by atoms with Gasteiger partial charge in [0.15, 0.2) is 0 Å². The van der Waals surface area contributed by atoms with Gasteiger partial charge in [-0.15, -0.1) is 11.3 Å². The molecule has 0 aliphatic heterocycles. The maximum absolute atomic E-state index is 13.7. The number of hydrogen-bond donors (Lipinski definition) is 0. The maximum atomic E-state index is 13.7. The van der Waals surface area contributed by atoms with E-state index in [1.165, 1.54) is 61.6 Å². The van der Waals surface area contributed by atoms with Crippen molar-refractivity contribution < 1.29 is 34.7 Å². The van der Waals surface area contributed by atoms with E-state index >= 15 is 0 Å². The summed E-state index contributed by atoms with van der Waals surface area (Å²) < 4.78 is 83.0. The summed E-state index contributed by atoms with van der Waals surface area (Å²) in [6.45, 7) is 0. The van der Waals surface area contributed by atoms with Crippen molar-refractivity contribution in [2.24, 2.45) is 0 Å². The predicted octanol–water partition coefficient (Wildman–Crippen LogP) is 7.98. The van der Waals surface area contributed by atoms with Gasteiger partial charge in [-0.1, -0.05) is 30.0 Å². The highest BCUT2D eigenvalue weighted by Gasteiger charge is 2.53. The molecule has 0 aliphatic rings. The van der Waals surface area contributed by atoms with Crippen LogP contribution in [0.5, 0.6) is 11.5 Å². The fourth-order valence-electron chi connectivity index (χ4n) is 3.31. The van der Waals surface area contributed by atoms with Crippen molar-refractivity contribution in [2.75, 3.05) is 14.2 Å². The number of ether oxygens (including phenoxy) is 2. The summed E-state index contributed by atoms with van der Waals surface area (Å²) in [6.07, 6.45) is 0. The van der Waals surface area contributed by atoms with Gasteiger partial charge in [0.25, 0.3) is 0 Å². The minimum absolute atomic E-state index is 0.254. The summed E-state index contributed by atoms with van der Waals surface area (Å²) >= 11 is 2.59. The van der Waals surface area contributed by atoms with Crippen LogP contribution in [-0.4, -0.2) is 28.1 Å². The predicted molar refractivity (Wildman–Crippen MR) is 139 cm³/mol. The molecule has 1 heterocycles. The average molecular weight is 587 g/mol. The van der Waals surface area contributed by atoms with E-state index in [0.29, 0.717) is 15.7 Å². The zero-order chi connectivity index (χ0) is 26.7. The second-order valence-corrected chi connectivity index (χ2v) is 14.5. The normalized spacial score (nSPS) is 12.8. The van der Waals surface area contributed by atoms with Crippen LogP contribution in [0.25, 0.3) is 0 Å². The molecule has 0 aliphatic carbocycles. The Morgan fingerprint density at radius 1 is 0.730 bits per heavy atom. The summed E-state index contributed by atoms with van der Waals surface area (Å²) in [5.41, 5.74) is -5.62. The Labute approximate surface area is 222 Å². The van der Waals surface area contributed by atoms with Crippen LogP contribution < -0.4 is 9.47 Å². The van der Waals surface area contributed by atoms with Gasteiger partial charge in [0.05, 0.1) is 22.6 Å². The molecule has 12 heteroatoms. The van der Waals surface area contributed by atoms with E-state index in [2.05, 4.69) is 0 Å². The highest BCUT2D eigenvalue weighted by Crippen LogP contribution is 2.72. The average Bonchev–Trinajstić information content (AvgIpc) is 3.36. The van der Waals surface area contributed by atoms with Gasteiger partial charge >= 0.3 is 15.6 Å². The van der Waals surface area contributed by atoms with E-state index < -0.39 is 25.9 Å². The Balaban J connectivity index is 1.96. The van der Waals surface area contributed by atoms with E-state index in [4.69, 9.17) is 13.1 Å². The number of thiophene rings is 1. The molecule has 4 aromatic rings. The molecule has 0 unspecified atom stereocenters. The first-order chi connectivity index (χ1) is 17.6. The Morgan fingerprint density at radius 2 is 1.24 bits per heavy atom. The summed E-state index contributed by atoms with van der Waals surface area (Å²) in [6, 6.07) is 25.1. The molecule has 0 amide bonds. The summed E-state index contributed by atoms with van der Waals surface area (Å²) in [5.74, 6) is 0.911. The van der Waals surface area contributed by atoms with Gasteiger partial charge in [0.2, 0.25) is 0 Å². The third kappa shape index (κ3) is 5.78. The van der Waals surface area contributed by atoms with Gasteiger partial charge in [-0.25, -0.2) is 0 Å². The summed E-state index contributed by atoms with van der Waals surface area (Å²) in [4.78, 5) is 1.43. The molecule has 0 spiro atoms. The van der Waals surface area contributed by atoms with Crippen molar-refractivity contribution in [1.82, 2.24) is 0 Å². The minimum Gasteiger partial charge on any atom is -0.497 e. The standard InChI is InChI=1S/C25H21F3O5S4/c1-31-18-8-12-21(13-9-18)36(33-37(29,30)25(26,27)28,22-14-10-19(32-2)11-15-22)24-17-16-23(35-24)34-20-6-4-3-5-7-20/h3-17H,1-2H3. The number of halogens is 3. The first-order valence-electron chi connectivity index (χ1n) is 10.6.